The van der Waals surface area contributed by atoms with Crippen LogP contribution in [-0.4, -0.2) is 30.0 Å². The van der Waals surface area contributed by atoms with Gasteiger partial charge in [0.2, 0.25) is 0 Å². The van der Waals surface area contributed by atoms with Crippen LogP contribution < -0.4 is 5.32 Å². The van der Waals surface area contributed by atoms with Gasteiger partial charge in [0.25, 0.3) is 5.91 Å². The summed E-state index contributed by atoms with van der Waals surface area (Å²) in [5.41, 5.74) is 1.23. The van der Waals surface area contributed by atoms with Gasteiger partial charge in [0, 0.05) is 24.2 Å². The van der Waals surface area contributed by atoms with Crippen molar-refractivity contribution in [2.75, 3.05) is 5.75 Å². The molecule has 1 N–H and O–H groups in total. The summed E-state index contributed by atoms with van der Waals surface area (Å²) < 4.78 is 23.9. The first kappa shape index (κ1) is 17.1. The molecule has 0 saturated heterocycles. The number of amides is 1. The maximum absolute atomic E-state index is 12.3. The third kappa shape index (κ3) is 4.13. The van der Waals surface area contributed by atoms with Gasteiger partial charge in [0.05, 0.1) is 11.8 Å². The molecule has 0 unspecified atom stereocenters. The molecule has 2 rings (SSSR count). The van der Waals surface area contributed by atoms with E-state index in [0.717, 1.165) is 5.56 Å². The van der Waals surface area contributed by atoms with Crippen molar-refractivity contribution in [3.8, 4) is 0 Å². The first-order valence-corrected chi connectivity index (χ1v) is 9.02. The monoisotopic (exact) mass is 333 g/mol. The van der Waals surface area contributed by atoms with Crippen LogP contribution in [0.1, 0.15) is 42.2 Å². The molecule has 0 spiro atoms. The number of carbonyl (C=O) groups excluding carboxylic acids is 1. The summed E-state index contributed by atoms with van der Waals surface area (Å²) in [6.45, 7) is 3.50. The maximum atomic E-state index is 12.3. The van der Waals surface area contributed by atoms with E-state index >= 15 is 0 Å². The summed E-state index contributed by atoms with van der Waals surface area (Å²) in [4.78, 5) is 20.1. The molecule has 2 heterocycles. The van der Waals surface area contributed by atoms with Gasteiger partial charge < -0.3 is 5.32 Å². The summed E-state index contributed by atoms with van der Waals surface area (Å²) >= 11 is 0. The van der Waals surface area contributed by atoms with Crippen LogP contribution in [0.3, 0.4) is 0 Å². The SMILES string of the molecule is CC[C@H](NC(=O)c1ccncc1)c1ccnc(S(=O)(=O)CC)c1. The normalized spacial score (nSPS) is 12.6. The Kier molecular flexibility index (Phi) is 5.44. The number of aromatic nitrogens is 2. The van der Waals surface area contributed by atoms with Crippen molar-refractivity contribution in [1.82, 2.24) is 15.3 Å². The van der Waals surface area contributed by atoms with E-state index in [2.05, 4.69) is 15.3 Å². The van der Waals surface area contributed by atoms with Gasteiger partial charge in [-0.15, -0.1) is 0 Å². The molecule has 2 aromatic heterocycles. The number of pyridine rings is 2. The van der Waals surface area contributed by atoms with Gasteiger partial charge in [-0.25, -0.2) is 13.4 Å². The minimum Gasteiger partial charge on any atom is -0.345 e. The standard InChI is InChI=1S/C16H19N3O3S/c1-3-14(19-16(20)12-5-8-17-9-6-12)13-7-10-18-15(11-13)23(21,22)4-2/h5-11,14H,3-4H2,1-2H3,(H,19,20)/t14-/m0/s1. The number of nitrogens with one attached hydrogen (secondary N) is 1. The zero-order chi connectivity index (χ0) is 16.9. The summed E-state index contributed by atoms with van der Waals surface area (Å²) in [5, 5.41) is 2.94. The largest absolute Gasteiger partial charge is 0.345 e. The molecule has 1 atom stereocenters. The van der Waals surface area contributed by atoms with Crippen LogP contribution in [0.2, 0.25) is 0 Å². The first-order valence-electron chi connectivity index (χ1n) is 7.37. The van der Waals surface area contributed by atoms with Crippen molar-refractivity contribution in [3.05, 3.63) is 54.0 Å². The lowest BCUT2D eigenvalue weighted by molar-refractivity contribution is 0.0935. The lowest BCUT2D eigenvalue weighted by Gasteiger charge is -2.18. The maximum Gasteiger partial charge on any atom is 0.251 e. The molecule has 1 amide bonds. The number of sulfone groups is 1. The number of hydrogen-bond acceptors (Lipinski definition) is 5. The number of nitrogens with zero attached hydrogens (tertiary/aromatic N) is 2. The highest BCUT2D eigenvalue weighted by Crippen LogP contribution is 2.20. The molecular formula is C16H19N3O3S. The predicted molar refractivity (Wildman–Crippen MR) is 86.7 cm³/mol. The Balaban J connectivity index is 2.25. The van der Waals surface area contributed by atoms with E-state index < -0.39 is 9.84 Å². The van der Waals surface area contributed by atoms with Crippen molar-refractivity contribution >= 4 is 15.7 Å². The van der Waals surface area contributed by atoms with E-state index in [4.69, 9.17) is 0 Å². The fourth-order valence-corrected chi connectivity index (χ4v) is 2.96. The van der Waals surface area contributed by atoms with Crippen LogP contribution in [0, 0.1) is 0 Å². The van der Waals surface area contributed by atoms with Crippen LogP contribution >= 0.6 is 0 Å². The smallest absolute Gasteiger partial charge is 0.251 e. The van der Waals surface area contributed by atoms with E-state index in [1.807, 2.05) is 6.92 Å². The highest BCUT2D eigenvalue weighted by atomic mass is 32.2. The Morgan fingerprint density at radius 2 is 1.87 bits per heavy atom. The third-order valence-electron chi connectivity index (χ3n) is 3.52. The molecule has 2 aromatic rings. The molecule has 23 heavy (non-hydrogen) atoms. The topological polar surface area (TPSA) is 89.0 Å². The summed E-state index contributed by atoms with van der Waals surface area (Å²) in [6, 6.07) is 6.21. The molecular weight excluding hydrogens is 314 g/mol. The van der Waals surface area contributed by atoms with Crippen molar-refractivity contribution in [1.29, 1.82) is 0 Å². The molecule has 0 aliphatic heterocycles. The zero-order valence-electron chi connectivity index (χ0n) is 13.1. The molecule has 0 aromatic carbocycles. The van der Waals surface area contributed by atoms with Crippen LogP contribution in [-0.2, 0) is 9.84 Å². The summed E-state index contributed by atoms with van der Waals surface area (Å²) in [7, 11) is -3.38. The van der Waals surface area contributed by atoms with Crippen molar-refractivity contribution in [3.63, 3.8) is 0 Å². The van der Waals surface area contributed by atoms with Crippen LogP contribution in [0.4, 0.5) is 0 Å². The average molecular weight is 333 g/mol. The van der Waals surface area contributed by atoms with Gasteiger partial charge in [-0.3, -0.25) is 9.78 Å². The quantitative estimate of drug-likeness (QED) is 0.875. The number of rotatable bonds is 6. The van der Waals surface area contributed by atoms with E-state index in [-0.39, 0.29) is 22.7 Å². The highest BCUT2D eigenvalue weighted by molar-refractivity contribution is 7.91. The molecule has 0 aliphatic rings. The molecule has 0 aliphatic carbocycles. The second-order valence-electron chi connectivity index (χ2n) is 5.00. The lowest BCUT2D eigenvalue weighted by Crippen LogP contribution is -2.28. The van der Waals surface area contributed by atoms with Gasteiger partial charge in [-0.2, -0.15) is 0 Å². The Labute approximate surface area is 135 Å². The van der Waals surface area contributed by atoms with Gasteiger partial charge in [-0.05, 0) is 36.2 Å². The van der Waals surface area contributed by atoms with Crippen LogP contribution in [0.25, 0.3) is 0 Å². The van der Waals surface area contributed by atoms with Gasteiger partial charge in [0.15, 0.2) is 14.9 Å². The molecule has 0 bridgehead atoms. The predicted octanol–water partition coefficient (Wildman–Crippen LogP) is 2.15. The highest BCUT2D eigenvalue weighted by Gasteiger charge is 2.18. The Bertz CT molecular complexity index is 776. The van der Waals surface area contributed by atoms with Crippen LogP contribution in [0.5, 0.6) is 0 Å². The molecule has 7 heteroatoms. The minimum absolute atomic E-state index is 0.0103. The fraction of sp³-hybridized carbons (Fsp3) is 0.312. The third-order valence-corrected chi connectivity index (χ3v) is 5.14. The van der Waals surface area contributed by atoms with E-state index in [1.165, 1.54) is 12.3 Å². The summed E-state index contributed by atoms with van der Waals surface area (Å²) in [6.07, 6.45) is 5.19. The second kappa shape index (κ2) is 7.32. The number of carbonyl (C=O) groups is 1. The van der Waals surface area contributed by atoms with Crippen LogP contribution in [0.15, 0.2) is 47.9 Å². The van der Waals surface area contributed by atoms with Crippen molar-refractivity contribution in [2.24, 2.45) is 0 Å². The molecule has 0 fully saturated rings. The average Bonchev–Trinajstić information content (AvgIpc) is 2.60. The minimum atomic E-state index is -3.38. The first-order chi connectivity index (χ1) is 11.0. The molecule has 122 valence electrons. The van der Waals surface area contributed by atoms with Crippen molar-refractivity contribution in [2.45, 2.75) is 31.3 Å². The molecule has 0 radical (unpaired) electrons. The fourth-order valence-electron chi connectivity index (χ4n) is 2.13. The van der Waals surface area contributed by atoms with Crippen molar-refractivity contribution < 1.29 is 13.2 Å². The van der Waals surface area contributed by atoms with E-state index in [9.17, 15) is 13.2 Å². The molecule has 6 nitrogen and oxygen atoms in total. The Morgan fingerprint density at radius 1 is 1.17 bits per heavy atom. The summed E-state index contributed by atoms with van der Waals surface area (Å²) in [5.74, 6) is -0.236. The van der Waals surface area contributed by atoms with E-state index in [1.54, 1.807) is 37.5 Å². The zero-order valence-corrected chi connectivity index (χ0v) is 13.9. The van der Waals surface area contributed by atoms with Gasteiger partial charge >= 0.3 is 0 Å². The Morgan fingerprint density at radius 3 is 2.48 bits per heavy atom. The Hall–Kier alpha value is -2.28. The van der Waals surface area contributed by atoms with E-state index in [0.29, 0.717) is 12.0 Å². The number of hydrogen-bond donors (Lipinski definition) is 1. The van der Waals surface area contributed by atoms with Gasteiger partial charge in [-0.1, -0.05) is 13.8 Å². The molecule has 0 saturated carbocycles. The van der Waals surface area contributed by atoms with Gasteiger partial charge in [0.1, 0.15) is 0 Å². The lowest BCUT2D eigenvalue weighted by atomic mass is 10.1. The second-order valence-corrected chi connectivity index (χ2v) is 7.23.